The van der Waals surface area contributed by atoms with Crippen molar-refractivity contribution in [3.05, 3.63) is 29.8 Å². The summed E-state index contributed by atoms with van der Waals surface area (Å²) in [5.41, 5.74) is 0.630. The molecule has 1 amide bonds. The summed E-state index contributed by atoms with van der Waals surface area (Å²) in [4.78, 5) is 14.1. The minimum Gasteiger partial charge on any atom is -0.426 e. The van der Waals surface area contributed by atoms with Crippen LogP contribution in [0.25, 0.3) is 0 Å². The molecule has 0 saturated carbocycles. The van der Waals surface area contributed by atoms with Crippen molar-refractivity contribution in [1.29, 1.82) is 0 Å². The third kappa shape index (κ3) is 5.40. The second-order valence-corrected chi connectivity index (χ2v) is 4.55. The molecule has 0 heterocycles. The Morgan fingerprint density at radius 2 is 1.65 bits per heavy atom. The first-order valence-corrected chi connectivity index (χ1v) is 7.45. The fourth-order valence-corrected chi connectivity index (χ4v) is 1.95. The molecule has 5 nitrogen and oxygen atoms in total. The molecule has 20 heavy (non-hydrogen) atoms. The Balaban J connectivity index is 2.71. The fourth-order valence-electron chi connectivity index (χ4n) is 1.65. The number of carbonyl (C=O) groups is 1. The predicted octanol–water partition coefficient (Wildman–Crippen LogP) is 2.08. The molecule has 0 spiro atoms. The zero-order valence-electron chi connectivity index (χ0n) is 12.1. The topological polar surface area (TPSA) is 48.0 Å². The van der Waals surface area contributed by atoms with Gasteiger partial charge in [0.25, 0.3) is 5.91 Å². The average molecular weight is 299 g/mol. The molecule has 0 unspecified atom stereocenters. The molecule has 1 aromatic rings. The summed E-state index contributed by atoms with van der Waals surface area (Å²) in [6.07, 6.45) is 1.84. The van der Waals surface area contributed by atoms with Gasteiger partial charge in [0.05, 0.1) is 25.3 Å². The van der Waals surface area contributed by atoms with E-state index in [4.69, 9.17) is 13.7 Å². The van der Waals surface area contributed by atoms with Crippen LogP contribution < -0.4 is 4.18 Å². The van der Waals surface area contributed by atoms with Gasteiger partial charge in [-0.2, -0.15) is 0 Å². The van der Waals surface area contributed by atoms with E-state index in [1.54, 1.807) is 43.4 Å². The van der Waals surface area contributed by atoms with Crippen LogP contribution in [-0.2, 0) is 9.47 Å². The van der Waals surface area contributed by atoms with Crippen LogP contribution in [0.2, 0.25) is 0 Å². The molecule has 0 aliphatic carbocycles. The highest BCUT2D eigenvalue weighted by Crippen LogP contribution is 2.16. The maximum atomic E-state index is 12.4. The first kappa shape index (κ1) is 16.8. The minimum atomic E-state index is -0.0326. The number of hydrogen-bond acceptors (Lipinski definition) is 5. The number of amides is 1. The molecule has 0 aliphatic rings. The Kier molecular flexibility index (Phi) is 8.10. The SMILES string of the molecule is COCCN(CCOC)C(=O)c1ccc(OSC)cc1. The summed E-state index contributed by atoms with van der Waals surface area (Å²) in [7, 11) is 3.24. The summed E-state index contributed by atoms with van der Waals surface area (Å²) in [6.45, 7) is 2.09. The molecule has 0 radical (unpaired) electrons. The first-order chi connectivity index (χ1) is 9.72. The molecule has 6 heteroatoms. The number of benzene rings is 1. The lowest BCUT2D eigenvalue weighted by atomic mass is 10.2. The monoisotopic (exact) mass is 299 g/mol. The molecule has 0 aromatic heterocycles. The normalized spacial score (nSPS) is 10.3. The van der Waals surface area contributed by atoms with Gasteiger partial charge in [0, 0.05) is 39.1 Å². The molecule has 0 atom stereocenters. The van der Waals surface area contributed by atoms with Crippen molar-refractivity contribution < 1.29 is 18.5 Å². The highest BCUT2D eigenvalue weighted by atomic mass is 32.2. The highest BCUT2D eigenvalue weighted by molar-refractivity contribution is 7.94. The van der Waals surface area contributed by atoms with Crippen LogP contribution in [0, 0.1) is 0 Å². The number of carbonyl (C=O) groups excluding carboxylic acids is 1. The van der Waals surface area contributed by atoms with Crippen molar-refractivity contribution in [2.45, 2.75) is 0 Å². The van der Waals surface area contributed by atoms with Crippen LogP contribution in [0.3, 0.4) is 0 Å². The van der Waals surface area contributed by atoms with Crippen LogP contribution in [-0.4, -0.2) is 57.6 Å². The van der Waals surface area contributed by atoms with Gasteiger partial charge in [-0.25, -0.2) is 0 Å². The molecule has 0 saturated heterocycles. The number of ether oxygens (including phenoxy) is 2. The Hall–Kier alpha value is -1.24. The third-order valence-corrected chi connectivity index (χ3v) is 3.06. The second kappa shape index (κ2) is 9.63. The van der Waals surface area contributed by atoms with Gasteiger partial charge in [-0.3, -0.25) is 4.79 Å². The molecule has 0 bridgehead atoms. The Morgan fingerprint density at radius 3 is 2.10 bits per heavy atom. The maximum absolute atomic E-state index is 12.4. The zero-order valence-corrected chi connectivity index (χ0v) is 12.9. The Morgan fingerprint density at radius 1 is 1.10 bits per heavy atom. The van der Waals surface area contributed by atoms with E-state index in [1.807, 2.05) is 6.26 Å². The van der Waals surface area contributed by atoms with Gasteiger partial charge < -0.3 is 18.6 Å². The molecular weight excluding hydrogens is 278 g/mol. The van der Waals surface area contributed by atoms with Gasteiger partial charge in [-0.05, 0) is 24.3 Å². The van der Waals surface area contributed by atoms with E-state index in [1.165, 1.54) is 12.0 Å². The van der Waals surface area contributed by atoms with Crippen molar-refractivity contribution in [3.8, 4) is 5.75 Å². The number of methoxy groups -OCH3 is 2. The van der Waals surface area contributed by atoms with Gasteiger partial charge in [0.15, 0.2) is 0 Å². The Bertz CT molecular complexity index is 389. The van der Waals surface area contributed by atoms with E-state index in [0.29, 0.717) is 31.9 Å². The molecular formula is C14H21NO4S. The van der Waals surface area contributed by atoms with Gasteiger partial charge in [0.2, 0.25) is 0 Å². The molecule has 1 rings (SSSR count). The lowest BCUT2D eigenvalue weighted by Gasteiger charge is -2.22. The molecule has 0 N–H and O–H groups in total. The van der Waals surface area contributed by atoms with E-state index in [-0.39, 0.29) is 5.91 Å². The van der Waals surface area contributed by atoms with E-state index >= 15 is 0 Å². The smallest absolute Gasteiger partial charge is 0.254 e. The highest BCUT2D eigenvalue weighted by Gasteiger charge is 2.15. The summed E-state index contributed by atoms with van der Waals surface area (Å²) in [5.74, 6) is 0.698. The first-order valence-electron chi connectivity index (χ1n) is 6.30. The largest absolute Gasteiger partial charge is 0.426 e. The summed E-state index contributed by atoms with van der Waals surface area (Å²) in [6, 6.07) is 7.10. The van der Waals surface area contributed by atoms with Crippen molar-refractivity contribution >= 4 is 17.9 Å². The van der Waals surface area contributed by atoms with Gasteiger partial charge >= 0.3 is 0 Å². The van der Waals surface area contributed by atoms with E-state index in [0.717, 1.165) is 5.75 Å². The maximum Gasteiger partial charge on any atom is 0.254 e. The van der Waals surface area contributed by atoms with Crippen LogP contribution >= 0.6 is 12.0 Å². The van der Waals surface area contributed by atoms with Crippen molar-refractivity contribution in [2.24, 2.45) is 0 Å². The van der Waals surface area contributed by atoms with E-state index < -0.39 is 0 Å². The van der Waals surface area contributed by atoms with Gasteiger partial charge in [0.1, 0.15) is 5.75 Å². The second-order valence-electron chi connectivity index (χ2n) is 4.05. The van der Waals surface area contributed by atoms with Crippen molar-refractivity contribution in [2.75, 3.05) is 46.8 Å². The zero-order chi connectivity index (χ0) is 14.8. The van der Waals surface area contributed by atoms with E-state index in [2.05, 4.69) is 0 Å². The Labute approximate surface area is 124 Å². The lowest BCUT2D eigenvalue weighted by Crippen LogP contribution is -2.36. The third-order valence-electron chi connectivity index (χ3n) is 2.70. The molecule has 1 aromatic carbocycles. The number of hydrogen-bond donors (Lipinski definition) is 0. The average Bonchev–Trinajstić information content (AvgIpc) is 2.48. The van der Waals surface area contributed by atoms with Gasteiger partial charge in [-0.1, -0.05) is 0 Å². The summed E-state index contributed by atoms with van der Waals surface area (Å²) < 4.78 is 15.3. The molecule has 0 aliphatic heterocycles. The van der Waals surface area contributed by atoms with Crippen LogP contribution in [0.5, 0.6) is 5.75 Å². The molecule has 112 valence electrons. The lowest BCUT2D eigenvalue weighted by molar-refractivity contribution is 0.0627. The minimum absolute atomic E-state index is 0.0326. The van der Waals surface area contributed by atoms with Crippen LogP contribution in [0.1, 0.15) is 10.4 Å². The quantitative estimate of drug-likeness (QED) is 0.653. The summed E-state index contributed by atoms with van der Waals surface area (Å²) in [5, 5.41) is 0. The fraction of sp³-hybridized carbons (Fsp3) is 0.500. The predicted molar refractivity (Wildman–Crippen MR) is 80.2 cm³/mol. The van der Waals surface area contributed by atoms with Crippen molar-refractivity contribution in [3.63, 3.8) is 0 Å². The van der Waals surface area contributed by atoms with Gasteiger partial charge in [-0.15, -0.1) is 0 Å². The standard InChI is InChI=1S/C14H21NO4S/c1-17-10-8-15(9-11-18-2)14(16)12-4-6-13(7-5-12)19-20-3/h4-7H,8-11H2,1-3H3. The van der Waals surface area contributed by atoms with Crippen molar-refractivity contribution in [1.82, 2.24) is 4.90 Å². The number of rotatable bonds is 9. The number of nitrogens with zero attached hydrogens (tertiary/aromatic N) is 1. The summed E-state index contributed by atoms with van der Waals surface area (Å²) >= 11 is 1.27. The molecule has 0 fully saturated rings. The van der Waals surface area contributed by atoms with E-state index in [9.17, 15) is 4.79 Å². The van der Waals surface area contributed by atoms with Crippen LogP contribution in [0.15, 0.2) is 24.3 Å². The van der Waals surface area contributed by atoms with Crippen LogP contribution in [0.4, 0.5) is 0 Å².